The van der Waals surface area contributed by atoms with Gasteiger partial charge in [-0.1, -0.05) is 288 Å². The maximum atomic E-state index is 12.9. The average molecular weight is 1090 g/mol. The zero-order valence-corrected chi connectivity index (χ0v) is 50.8. The molecule has 0 saturated heterocycles. The van der Waals surface area contributed by atoms with Gasteiger partial charge in [0.05, 0.1) is 6.42 Å². The molecule has 6 nitrogen and oxygen atoms in total. The average Bonchev–Trinajstić information content (AvgIpc) is 3.45. The van der Waals surface area contributed by atoms with Gasteiger partial charge in [-0.05, 0) is 116 Å². The molecule has 0 bridgehead atoms. The van der Waals surface area contributed by atoms with Crippen LogP contribution in [0, 0.1) is 0 Å². The van der Waals surface area contributed by atoms with Crippen molar-refractivity contribution in [2.45, 2.75) is 271 Å². The maximum Gasteiger partial charge on any atom is 0.309 e. The predicted octanol–water partition coefficient (Wildman–Crippen LogP) is 22.1. The Morgan fingerprint density at radius 1 is 0.278 bits per heavy atom. The number of hydrogen-bond donors (Lipinski definition) is 0. The van der Waals surface area contributed by atoms with Crippen molar-refractivity contribution < 1.29 is 28.6 Å². The first kappa shape index (κ1) is 74.0. The number of allylic oxidation sites excluding steroid dienone is 25. The molecule has 0 aromatic heterocycles. The summed E-state index contributed by atoms with van der Waals surface area (Å²) in [5.74, 6) is -1.17. The molecule has 6 heteroatoms. The van der Waals surface area contributed by atoms with Crippen molar-refractivity contribution in [1.29, 1.82) is 0 Å². The first-order valence-electron chi connectivity index (χ1n) is 32.0. The highest BCUT2D eigenvalue weighted by Gasteiger charge is 2.19. The van der Waals surface area contributed by atoms with Crippen LogP contribution in [-0.2, 0) is 28.6 Å². The smallest absolute Gasteiger partial charge is 0.309 e. The second kappa shape index (κ2) is 65.5. The highest BCUT2D eigenvalue weighted by atomic mass is 16.6. The van der Waals surface area contributed by atoms with E-state index in [4.69, 9.17) is 14.2 Å². The molecule has 0 N–H and O–H groups in total. The Morgan fingerprint density at radius 3 is 0.937 bits per heavy atom. The topological polar surface area (TPSA) is 78.9 Å². The SMILES string of the molecule is CC/C=C\C/C=C\C/C=C\C/C=C\C/C=C\C/C=C\CCC(=O)OC(COC(=O)C/C=C\C/C=C\C/C=C\C/C=C\C/C=C\CC)COC(=O)CCCCCCCCCCCCCCCCC/C=C\C/C=C\CCCCCCC. The summed E-state index contributed by atoms with van der Waals surface area (Å²) in [6.07, 6.45) is 95.8. The molecule has 79 heavy (non-hydrogen) atoms. The van der Waals surface area contributed by atoms with Crippen LogP contribution in [0.15, 0.2) is 158 Å². The zero-order valence-electron chi connectivity index (χ0n) is 50.8. The lowest BCUT2D eigenvalue weighted by Crippen LogP contribution is -2.30. The lowest BCUT2D eigenvalue weighted by molar-refractivity contribution is -0.166. The fourth-order valence-electron chi connectivity index (χ4n) is 8.34. The molecule has 0 rings (SSSR count). The molecule has 0 aromatic carbocycles. The first-order valence-corrected chi connectivity index (χ1v) is 32.0. The van der Waals surface area contributed by atoms with E-state index in [0.717, 1.165) is 96.3 Å². The Morgan fingerprint density at radius 2 is 0.570 bits per heavy atom. The van der Waals surface area contributed by atoms with Crippen LogP contribution in [-0.4, -0.2) is 37.2 Å². The van der Waals surface area contributed by atoms with Gasteiger partial charge in [-0.25, -0.2) is 0 Å². The highest BCUT2D eigenvalue weighted by Crippen LogP contribution is 2.15. The summed E-state index contributed by atoms with van der Waals surface area (Å²) in [5, 5.41) is 0. The van der Waals surface area contributed by atoms with Crippen LogP contribution in [0.3, 0.4) is 0 Å². The van der Waals surface area contributed by atoms with Gasteiger partial charge in [0.2, 0.25) is 0 Å². The van der Waals surface area contributed by atoms with E-state index in [-0.39, 0.29) is 32.0 Å². The van der Waals surface area contributed by atoms with E-state index in [2.05, 4.69) is 154 Å². The van der Waals surface area contributed by atoms with Gasteiger partial charge in [0.25, 0.3) is 0 Å². The molecule has 0 fully saturated rings. The third-order valence-electron chi connectivity index (χ3n) is 13.0. The summed E-state index contributed by atoms with van der Waals surface area (Å²) in [7, 11) is 0. The summed E-state index contributed by atoms with van der Waals surface area (Å²) in [4.78, 5) is 38.2. The molecule has 0 heterocycles. The van der Waals surface area contributed by atoms with E-state index in [9.17, 15) is 14.4 Å². The van der Waals surface area contributed by atoms with Crippen molar-refractivity contribution >= 4 is 17.9 Å². The standard InChI is InChI=1S/C73H116O6/c1-4-7-10-13-16-19-22-25-28-30-32-33-34-35-36-37-38-39-41-42-45-48-51-54-57-60-63-66-72(75)78-69-70(68-77-71(74)65-62-59-56-53-50-47-44-27-24-21-18-15-12-9-6-3)79-73(76)67-64-61-58-55-52-49-46-43-40-31-29-26-23-20-17-14-11-8-5-2/h8-9,11-12,17-18,20-22,25-27,29-30,32,40,43-44,49-50,52-53,58-59,61-62,70H,4-7,10,13-16,19,23-24,28,31,33-39,41-42,45-48,51,54-57,60,63-69H2,1-3H3/b11-8-,12-9-,20-17-,21-18-,25-22-,29-26-,32-30-,43-40-,44-27-,52-49-,53-50-,61-58-,62-59-. The van der Waals surface area contributed by atoms with Gasteiger partial charge in [0.15, 0.2) is 6.10 Å². The number of carbonyl (C=O) groups excluding carboxylic acids is 3. The largest absolute Gasteiger partial charge is 0.462 e. The van der Waals surface area contributed by atoms with Crippen molar-refractivity contribution in [1.82, 2.24) is 0 Å². The van der Waals surface area contributed by atoms with Gasteiger partial charge in [-0.15, -0.1) is 0 Å². The summed E-state index contributed by atoms with van der Waals surface area (Å²) >= 11 is 0. The summed E-state index contributed by atoms with van der Waals surface area (Å²) < 4.78 is 16.7. The van der Waals surface area contributed by atoms with Crippen molar-refractivity contribution in [3.05, 3.63) is 158 Å². The van der Waals surface area contributed by atoms with E-state index >= 15 is 0 Å². The number of carbonyl (C=O) groups is 3. The van der Waals surface area contributed by atoms with Crippen LogP contribution < -0.4 is 0 Å². The minimum Gasteiger partial charge on any atom is -0.462 e. The van der Waals surface area contributed by atoms with E-state index in [1.54, 1.807) is 6.08 Å². The number of hydrogen-bond acceptors (Lipinski definition) is 6. The van der Waals surface area contributed by atoms with Gasteiger partial charge in [-0.2, -0.15) is 0 Å². The molecular weight excluding hydrogens is 973 g/mol. The van der Waals surface area contributed by atoms with Crippen molar-refractivity contribution in [3.8, 4) is 0 Å². The van der Waals surface area contributed by atoms with Crippen LogP contribution in [0.4, 0.5) is 0 Å². The fourth-order valence-corrected chi connectivity index (χ4v) is 8.34. The second-order valence-electron chi connectivity index (χ2n) is 20.6. The summed E-state index contributed by atoms with van der Waals surface area (Å²) in [6, 6.07) is 0. The predicted molar refractivity (Wildman–Crippen MR) is 343 cm³/mol. The first-order chi connectivity index (χ1) is 39.0. The van der Waals surface area contributed by atoms with E-state index in [1.807, 2.05) is 18.2 Å². The number of rotatable bonds is 56. The molecule has 0 aliphatic heterocycles. The Hall–Kier alpha value is -4.97. The second-order valence-corrected chi connectivity index (χ2v) is 20.6. The normalized spacial score (nSPS) is 13.2. The lowest BCUT2D eigenvalue weighted by Gasteiger charge is -2.18. The van der Waals surface area contributed by atoms with Crippen molar-refractivity contribution in [2.75, 3.05) is 13.2 Å². The summed E-state index contributed by atoms with van der Waals surface area (Å²) in [5.41, 5.74) is 0. The maximum absolute atomic E-state index is 12.9. The van der Waals surface area contributed by atoms with Crippen LogP contribution in [0.1, 0.15) is 265 Å². The highest BCUT2D eigenvalue weighted by molar-refractivity contribution is 5.72. The molecule has 0 radical (unpaired) electrons. The monoisotopic (exact) mass is 1090 g/mol. The molecular formula is C73H116O6. The Balaban J connectivity index is 4.48. The van der Waals surface area contributed by atoms with Gasteiger partial charge < -0.3 is 14.2 Å². The van der Waals surface area contributed by atoms with Crippen LogP contribution in [0.25, 0.3) is 0 Å². The third-order valence-corrected chi connectivity index (χ3v) is 13.0. The molecule has 1 atom stereocenters. The van der Waals surface area contributed by atoms with Crippen LogP contribution in [0.5, 0.6) is 0 Å². The molecule has 0 aromatic rings. The molecule has 0 saturated carbocycles. The number of ether oxygens (including phenoxy) is 3. The quantitative estimate of drug-likeness (QED) is 0.0261. The molecule has 0 spiro atoms. The number of unbranched alkanes of at least 4 members (excludes halogenated alkanes) is 20. The van der Waals surface area contributed by atoms with Crippen LogP contribution >= 0.6 is 0 Å². The number of esters is 3. The molecule has 0 aliphatic rings. The molecule has 0 aliphatic carbocycles. The van der Waals surface area contributed by atoms with E-state index < -0.39 is 18.0 Å². The molecule has 1 unspecified atom stereocenters. The van der Waals surface area contributed by atoms with E-state index in [1.165, 1.54) is 122 Å². The van der Waals surface area contributed by atoms with E-state index in [0.29, 0.717) is 12.8 Å². The third kappa shape index (κ3) is 63.7. The van der Waals surface area contributed by atoms with Gasteiger partial charge >= 0.3 is 17.9 Å². The van der Waals surface area contributed by atoms with Crippen LogP contribution in [0.2, 0.25) is 0 Å². The van der Waals surface area contributed by atoms with Gasteiger partial charge in [0, 0.05) is 12.8 Å². The van der Waals surface area contributed by atoms with Gasteiger partial charge in [0.1, 0.15) is 13.2 Å². The van der Waals surface area contributed by atoms with Crippen molar-refractivity contribution in [3.63, 3.8) is 0 Å². The molecule has 444 valence electrons. The zero-order chi connectivity index (χ0) is 57.1. The Labute approximate surface area is 486 Å². The fraction of sp³-hybridized carbons (Fsp3) is 0.603. The summed E-state index contributed by atoms with van der Waals surface area (Å²) in [6.45, 7) is 6.25. The van der Waals surface area contributed by atoms with Crippen molar-refractivity contribution in [2.24, 2.45) is 0 Å². The molecule has 0 amide bonds. The minimum atomic E-state index is -0.867. The lowest BCUT2D eigenvalue weighted by atomic mass is 10.0. The van der Waals surface area contributed by atoms with Gasteiger partial charge in [-0.3, -0.25) is 14.4 Å². The minimum absolute atomic E-state index is 0.105. The Bertz CT molecular complexity index is 1780. The Kier molecular flexibility index (Phi) is 61.4.